The fourth-order valence-electron chi connectivity index (χ4n) is 1.07. The van der Waals surface area contributed by atoms with Gasteiger partial charge in [-0.1, -0.05) is 63.4 Å². The SMILES string of the molecule is I[CH]COc1ccccc1CCI. The molecule has 0 aliphatic heterocycles. The van der Waals surface area contributed by atoms with Crippen LogP contribution in [0.25, 0.3) is 0 Å². The monoisotopic (exact) mass is 401 g/mol. The first-order valence-corrected chi connectivity index (χ1v) is 6.84. The van der Waals surface area contributed by atoms with Crippen molar-refractivity contribution in [1.82, 2.24) is 0 Å². The summed E-state index contributed by atoms with van der Waals surface area (Å²) >= 11 is 4.58. The van der Waals surface area contributed by atoms with Crippen molar-refractivity contribution in [2.45, 2.75) is 6.42 Å². The minimum atomic E-state index is 0.679. The molecule has 0 heterocycles. The minimum absolute atomic E-state index is 0.679. The summed E-state index contributed by atoms with van der Waals surface area (Å²) in [5, 5.41) is 0. The predicted octanol–water partition coefficient (Wildman–Crippen LogP) is 3.64. The third kappa shape index (κ3) is 4.01. The molecule has 71 valence electrons. The Morgan fingerprint density at radius 1 is 1.31 bits per heavy atom. The first-order valence-electron chi connectivity index (χ1n) is 4.07. The van der Waals surface area contributed by atoms with Crippen LogP contribution >= 0.6 is 45.2 Å². The summed E-state index contributed by atoms with van der Waals surface area (Å²) < 4.78 is 8.69. The van der Waals surface area contributed by atoms with Crippen molar-refractivity contribution in [2.75, 3.05) is 11.0 Å². The van der Waals surface area contributed by atoms with E-state index in [9.17, 15) is 0 Å². The molecular formula is C10H11I2O. The van der Waals surface area contributed by atoms with Crippen molar-refractivity contribution < 1.29 is 4.74 Å². The molecule has 0 aliphatic rings. The van der Waals surface area contributed by atoms with Crippen LogP contribution in [0.2, 0.25) is 0 Å². The topological polar surface area (TPSA) is 9.23 Å². The molecule has 0 bridgehead atoms. The van der Waals surface area contributed by atoms with Crippen molar-refractivity contribution in [2.24, 2.45) is 0 Å². The van der Waals surface area contributed by atoms with E-state index in [1.54, 1.807) is 0 Å². The zero-order valence-corrected chi connectivity index (χ0v) is 11.5. The third-order valence-corrected chi connectivity index (χ3v) is 2.54. The van der Waals surface area contributed by atoms with Crippen molar-refractivity contribution in [3.63, 3.8) is 0 Å². The summed E-state index contributed by atoms with van der Waals surface area (Å²) in [7, 11) is 0. The Kier molecular flexibility index (Phi) is 6.10. The predicted molar refractivity (Wildman–Crippen MR) is 72.8 cm³/mol. The molecule has 3 heteroatoms. The van der Waals surface area contributed by atoms with Gasteiger partial charge >= 0.3 is 0 Å². The number of alkyl halides is 1. The molecular weight excluding hydrogens is 390 g/mol. The van der Waals surface area contributed by atoms with Gasteiger partial charge in [-0.3, -0.25) is 0 Å². The van der Waals surface area contributed by atoms with Gasteiger partial charge in [0.1, 0.15) is 12.4 Å². The summed E-state index contributed by atoms with van der Waals surface area (Å²) in [6.45, 7) is 0.679. The molecule has 0 aromatic heterocycles. The number of aryl methyl sites for hydroxylation is 1. The highest BCUT2D eigenvalue weighted by atomic mass is 127. The Morgan fingerprint density at radius 3 is 2.77 bits per heavy atom. The second-order valence-corrected chi connectivity index (χ2v) is 4.47. The van der Waals surface area contributed by atoms with Crippen LogP contribution in [0.1, 0.15) is 5.56 Å². The van der Waals surface area contributed by atoms with Crippen LogP contribution in [0.4, 0.5) is 0 Å². The molecule has 1 aromatic rings. The average Bonchev–Trinajstić information content (AvgIpc) is 2.17. The second-order valence-electron chi connectivity index (χ2n) is 2.51. The number of hydrogen-bond acceptors (Lipinski definition) is 1. The maximum absolute atomic E-state index is 5.57. The summed E-state index contributed by atoms with van der Waals surface area (Å²) in [6, 6.07) is 8.23. The lowest BCUT2D eigenvalue weighted by Crippen LogP contribution is -1.98. The fourth-order valence-corrected chi connectivity index (χ4v) is 1.84. The smallest absolute Gasteiger partial charge is 0.122 e. The fraction of sp³-hybridized carbons (Fsp3) is 0.300. The van der Waals surface area contributed by atoms with Gasteiger partial charge < -0.3 is 4.74 Å². The standard InChI is InChI=1S/C10H11I2O/c11-6-5-9-3-1-2-4-10(9)13-8-7-12/h1-4,7H,5-6,8H2. The molecule has 0 atom stereocenters. The first kappa shape index (κ1) is 11.6. The van der Waals surface area contributed by atoms with Crippen LogP contribution in [0.15, 0.2) is 24.3 Å². The van der Waals surface area contributed by atoms with Gasteiger partial charge in [-0.05, 0) is 18.1 Å². The summed E-state index contributed by atoms with van der Waals surface area (Å²) in [5.74, 6) is 1.02. The number of benzene rings is 1. The summed E-state index contributed by atoms with van der Waals surface area (Å²) in [5.41, 5.74) is 1.30. The van der Waals surface area contributed by atoms with E-state index in [0.717, 1.165) is 16.6 Å². The van der Waals surface area contributed by atoms with E-state index in [4.69, 9.17) is 4.74 Å². The average molecular weight is 401 g/mol. The maximum atomic E-state index is 5.57. The number of ether oxygens (including phenoxy) is 1. The normalized spacial score (nSPS) is 10.0. The van der Waals surface area contributed by atoms with Crippen molar-refractivity contribution >= 4 is 45.2 Å². The van der Waals surface area contributed by atoms with Gasteiger partial charge in [0.15, 0.2) is 0 Å². The van der Waals surface area contributed by atoms with E-state index in [0.29, 0.717) is 6.61 Å². The Morgan fingerprint density at radius 2 is 2.08 bits per heavy atom. The second kappa shape index (κ2) is 6.86. The molecule has 0 aliphatic carbocycles. The van der Waals surface area contributed by atoms with Crippen LogP contribution in [-0.4, -0.2) is 11.0 Å². The lowest BCUT2D eigenvalue weighted by molar-refractivity contribution is 0.356. The van der Waals surface area contributed by atoms with Crippen LogP contribution in [0.5, 0.6) is 5.75 Å². The van der Waals surface area contributed by atoms with E-state index in [1.165, 1.54) is 5.56 Å². The molecule has 0 unspecified atom stereocenters. The Labute approximate surface area is 107 Å². The van der Waals surface area contributed by atoms with Gasteiger partial charge in [0.05, 0.1) is 4.43 Å². The van der Waals surface area contributed by atoms with Crippen molar-refractivity contribution in [3.8, 4) is 5.75 Å². The Bertz CT molecular complexity index is 250. The first-order chi connectivity index (χ1) is 6.38. The van der Waals surface area contributed by atoms with Gasteiger partial charge in [0.25, 0.3) is 0 Å². The Balaban J connectivity index is 2.66. The Hall–Kier alpha value is 0.480. The molecule has 1 radical (unpaired) electrons. The quantitative estimate of drug-likeness (QED) is 0.541. The third-order valence-electron chi connectivity index (χ3n) is 1.64. The molecule has 0 spiro atoms. The summed E-state index contributed by atoms with van der Waals surface area (Å²) in [4.78, 5) is 0. The molecule has 0 N–H and O–H groups in total. The highest BCUT2D eigenvalue weighted by Gasteiger charge is 2.00. The van der Waals surface area contributed by atoms with Gasteiger partial charge in [-0.25, -0.2) is 0 Å². The van der Waals surface area contributed by atoms with E-state index in [-0.39, 0.29) is 0 Å². The van der Waals surface area contributed by atoms with Crippen LogP contribution < -0.4 is 4.74 Å². The largest absolute Gasteiger partial charge is 0.492 e. The van der Waals surface area contributed by atoms with Crippen LogP contribution in [0.3, 0.4) is 0 Å². The zero-order chi connectivity index (χ0) is 9.52. The molecule has 1 aromatic carbocycles. The van der Waals surface area contributed by atoms with Crippen molar-refractivity contribution in [3.05, 3.63) is 34.3 Å². The molecule has 0 fully saturated rings. The van der Waals surface area contributed by atoms with Gasteiger partial charge in [0, 0.05) is 4.43 Å². The van der Waals surface area contributed by atoms with E-state index >= 15 is 0 Å². The number of hydrogen-bond donors (Lipinski definition) is 0. The molecule has 0 saturated heterocycles. The number of rotatable bonds is 5. The molecule has 0 amide bonds. The van der Waals surface area contributed by atoms with Crippen LogP contribution in [0, 0.1) is 4.43 Å². The summed E-state index contributed by atoms with van der Waals surface area (Å²) in [6.07, 6.45) is 1.08. The zero-order valence-electron chi connectivity index (χ0n) is 7.17. The van der Waals surface area contributed by atoms with Crippen LogP contribution in [-0.2, 0) is 6.42 Å². The molecule has 0 saturated carbocycles. The molecule has 1 nitrogen and oxygen atoms in total. The molecule has 1 rings (SSSR count). The molecule has 13 heavy (non-hydrogen) atoms. The number of halogens is 2. The van der Waals surface area contributed by atoms with Gasteiger partial charge in [0.2, 0.25) is 0 Å². The van der Waals surface area contributed by atoms with E-state index in [1.807, 2.05) is 16.6 Å². The van der Waals surface area contributed by atoms with Gasteiger partial charge in [-0.2, -0.15) is 0 Å². The maximum Gasteiger partial charge on any atom is 0.122 e. The lowest BCUT2D eigenvalue weighted by atomic mass is 10.1. The number of para-hydroxylation sites is 1. The van der Waals surface area contributed by atoms with E-state index in [2.05, 4.69) is 57.3 Å². The van der Waals surface area contributed by atoms with E-state index < -0.39 is 0 Å². The highest BCUT2D eigenvalue weighted by molar-refractivity contribution is 14.1. The highest BCUT2D eigenvalue weighted by Crippen LogP contribution is 2.19. The lowest BCUT2D eigenvalue weighted by Gasteiger charge is -2.08. The van der Waals surface area contributed by atoms with Gasteiger partial charge in [-0.15, -0.1) is 0 Å². The minimum Gasteiger partial charge on any atom is -0.492 e. The van der Waals surface area contributed by atoms with Crippen molar-refractivity contribution in [1.29, 1.82) is 0 Å².